The number of rotatable bonds is 7. The lowest BCUT2D eigenvalue weighted by atomic mass is 10.2. The number of nitrogens with one attached hydrogen (secondary N) is 1. The predicted octanol–water partition coefficient (Wildman–Crippen LogP) is 1.98. The van der Waals surface area contributed by atoms with Crippen LogP contribution in [0, 0.1) is 0 Å². The number of nitrogens with zero attached hydrogens (tertiary/aromatic N) is 3. The lowest BCUT2D eigenvalue weighted by molar-refractivity contribution is 0.0929. The molecule has 0 aliphatic carbocycles. The van der Waals surface area contributed by atoms with Crippen molar-refractivity contribution in [3.05, 3.63) is 86.7 Å². The topological polar surface area (TPSA) is 95.2 Å². The van der Waals surface area contributed by atoms with Crippen LogP contribution in [0.25, 0.3) is 5.69 Å². The molecule has 0 saturated heterocycles. The van der Waals surface area contributed by atoms with E-state index in [1.54, 1.807) is 24.3 Å². The third kappa shape index (κ3) is 4.48. The van der Waals surface area contributed by atoms with Crippen molar-refractivity contribution in [3.63, 3.8) is 0 Å². The van der Waals surface area contributed by atoms with Gasteiger partial charge in [-0.25, -0.2) is 4.79 Å². The Hall–Kier alpha value is -3.68. The van der Waals surface area contributed by atoms with E-state index in [0.29, 0.717) is 17.9 Å². The van der Waals surface area contributed by atoms with Crippen LogP contribution in [0.1, 0.15) is 36.3 Å². The highest BCUT2D eigenvalue weighted by Crippen LogP contribution is 2.13. The van der Waals surface area contributed by atoms with Crippen molar-refractivity contribution in [1.82, 2.24) is 19.7 Å². The fourth-order valence-corrected chi connectivity index (χ4v) is 2.85. The summed E-state index contributed by atoms with van der Waals surface area (Å²) in [4.78, 5) is 38.8. The fourth-order valence-electron chi connectivity index (χ4n) is 2.85. The lowest BCUT2D eigenvalue weighted by Gasteiger charge is -2.14. The second-order valence-corrected chi connectivity index (χ2v) is 6.90. The summed E-state index contributed by atoms with van der Waals surface area (Å²) in [6.07, 6.45) is 0.696. The minimum Gasteiger partial charge on any atom is -0.497 e. The second-order valence-electron chi connectivity index (χ2n) is 6.90. The van der Waals surface area contributed by atoms with Crippen LogP contribution in [0.5, 0.6) is 5.75 Å². The van der Waals surface area contributed by atoms with Gasteiger partial charge in [-0.2, -0.15) is 9.78 Å². The Kier molecular flexibility index (Phi) is 6.46. The van der Waals surface area contributed by atoms with Crippen molar-refractivity contribution in [2.45, 2.75) is 32.9 Å². The van der Waals surface area contributed by atoms with Crippen molar-refractivity contribution >= 4 is 5.91 Å². The third-order valence-electron chi connectivity index (χ3n) is 4.77. The summed E-state index contributed by atoms with van der Waals surface area (Å²) >= 11 is 0. The summed E-state index contributed by atoms with van der Waals surface area (Å²) in [6.45, 7) is 3.78. The first-order valence-corrected chi connectivity index (χ1v) is 9.68. The third-order valence-corrected chi connectivity index (χ3v) is 4.77. The van der Waals surface area contributed by atoms with E-state index in [4.69, 9.17) is 4.74 Å². The van der Waals surface area contributed by atoms with Gasteiger partial charge in [0.15, 0.2) is 0 Å². The van der Waals surface area contributed by atoms with Gasteiger partial charge in [0.2, 0.25) is 5.69 Å². The van der Waals surface area contributed by atoms with Crippen LogP contribution in [0.2, 0.25) is 0 Å². The number of hydrogen-bond donors (Lipinski definition) is 1. The maximum atomic E-state index is 13.1. The van der Waals surface area contributed by atoms with E-state index in [1.807, 2.05) is 44.2 Å². The molecule has 1 atom stereocenters. The molecular formula is C22H24N4O4. The van der Waals surface area contributed by atoms with E-state index >= 15 is 0 Å². The average molecular weight is 408 g/mol. The van der Waals surface area contributed by atoms with Crippen LogP contribution >= 0.6 is 0 Å². The summed E-state index contributed by atoms with van der Waals surface area (Å²) < 4.78 is 7.24. The molecule has 0 bridgehead atoms. The van der Waals surface area contributed by atoms with Crippen LogP contribution < -0.4 is 21.3 Å². The van der Waals surface area contributed by atoms with Crippen molar-refractivity contribution in [2.75, 3.05) is 7.11 Å². The largest absolute Gasteiger partial charge is 0.497 e. The fraction of sp³-hybridized carbons (Fsp3) is 0.273. The molecule has 0 fully saturated rings. The van der Waals surface area contributed by atoms with Gasteiger partial charge < -0.3 is 10.1 Å². The van der Waals surface area contributed by atoms with E-state index in [0.717, 1.165) is 14.8 Å². The minimum atomic E-state index is -0.727. The molecule has 0 unspecified atom stereocenters. The van der Waals surface area contributed by atoms with E-state index in [2.05, 4.69) is 10.4 Å². The van der Waals surface area contributed by atoms with E-state index in [9.17, 15) is 14.4 Å². The summed E-state index contributed by atoms with van der Waals surface area (Å²) in [5, 5.41) is 6.85. The monoisotopic (exact) mass is 408 g/mol. The number of ether oxygens (including phenoxy) is 1. The zero-order valence-electron chi connectivity index (χ0n) is 17.2. The molecule has 8 heteroatoms. The number of aromatic nitrogens is 3. The molecular weight excluding hydrogens is 384 g/mol. The highest BCUT2D eigenvalue weighted by Gasteiger charge is 2.21. The lowest BCUT2D eigenvalue weighted by Crippen LogP contribution is -2.47. The Morgan fingerprint density at radius 2 is 1.77 bits per heavy atom. The standard InChI is InChI=1S/C22H24N4O4/c1-4-15(2)23-20(27)19-21(28)25(14-16-8-6-5-7-9-16)22(29)26(24-19)17-10-12-18(30-3)13-11-17/h5-13,15H,4,14H2,1-3H3,(H,23,27)/t15-/m0/s1. The maximum Gasteiger partial charge on any atom is 0.352 e. The molecule has 2 aromatic carbocycles. The van der Waals surface area contributed by atoms with Crippen LogP contribution in [-0.4, -0.2) is 33.4 Å². The Morgan fingerprint density at radius 1 is 1.10 bits per heavy atom. The molecule has 0 saturated carbocycles. The van der Waals surface area contributed by atoms with Crippen LogP contribution in [0.3, 0.4) is 0 Å². The van der Waals surface area contributed by atoms with Gasteiger partial charge in [-0.3, -0.25) is 14.2 Å². The molecule has 0 spiro atoms. The summed E-state index contributed by atoms with van der Waals surface area (Å²) in [5.41, 5.74) is -0.511. The van der Waals surface area contributed by atoms with Gasteiger partial charge in [-0.15, -0.1) is 0 Å². The van der Waals surface area contributed by atoms with Gasteiger partial charge in [0.05, 0.1) is 19.3 Å². The SMILES string of the molecule is CC[C@H](C)NC(=O)c1nn(-c2ccc(OC)cc2)c(=O)n(Cc2ccccc2)c1=O. The van der Waals surface area contributed by atoms with Crippen LogP contribution in [0.15, 0.2) is 64.2 Å². The Morgan fingerprint density at radius 3 is 2.37 bits per heavy atom. The Labute approximate surface area is 173 Å². The second kappa shape index (κ2) is 9.21. The summed E-state index contributed by atoms with van der Waals surface area (Å²) in [7, 11) is 1.54. The smallest absolute Gasteiger partial charge is 0.352 e. The highest BCUT2D eigenvalue weighted by molar-refractivity contribution is 5.91. The molecule has 156 valence electrons. The van der Waals surface area contributed by atoms with Gasteiger partial charge >= 0.3 is 5.69 Å². The van der Waals surface area contributed by atoms with E-state index in [1.165, 1.54) is 7.11 Å². The molecule has 0 radical (unpaired) electrons. The summed E-state index contributed by atoms with van der Waals surface area (Å²) in [6, 6.07) is 15.6. The van der Waals surface area contributed by atoms with Crippen molar-refractivity contribution < 1.29 is 9.53 Å². The highest BCUT2D eigenvalue weighted by atomic mass is 16.5. The van der Waals surface area contributed by atoms with E-state index in [-0.39, 0.29) is 18.3 Å². The predicted molar refractivity (Wildman–Crippen MR) is 113 cm³/mol. The van der Waals surface area contributed by atoms with Gasteiger partial charge in [-0.1, -0.05) is 37.3 Å². The molecule has 1 heterocycles. The number of benzene rings is 2. The first kappa shape index (κ1) is 21.0. The quantitative estimate of drug-likeness (QED) is 0.645. The van der Waals surface area contributed by atoms with Gasteiger partial charge in [0, 0.05) is 6.04 Å². The number of carbonyl (C=O) groups excluding carboxylic acids is 1. The molecule has 30 heavy (non-hydrogen) atoms. The van der Waals surface area contributed by atoms with Crippen molar-refractivity contribution in [3.8, 4) is 11.4 Å². The first-order chi connectivity index (χ1) is 14.4. The van der Waals surface area contributed by atoms with Crippen molar-refractivity contribution in [1.29, 1.82) is 0 Å². The Balaban J connectivity index is 2.16. The molecule has 3 rings (SSSR count). The summed E-state index contributed by atoms with van der Waals surface area (Å²) in [5.74, 6) is -0.00225. The number of amides is 1. The zero-order valence-corrected chi connectivity index (χ0v) is 17.2. The molecule has 0 aliphatic rings. The van der Waals surface area contributed by atoms with Gasteiger partial charge in [0.1, 0.15) is 5.75 Å². The maximum absolute atomic E-state index is 13.1. The molecule has 8 nitrogen and oxygen atoms in total. The first-order valence-electron chi connectivity index (χ1n) is 9.68. The van der Waals surface area contributed by atoms with Crippen LogP contribution in [-0.2, 0) is 6.54 Å². The average Bonchev–Trinajstić information content (AvgIpc) is 2.77. The molecule has 1 amide bonds. The minimum absolute atomic E-state index is 0.0286. The molecule has 0 aliphatic heterocycles. The number of methoxy groups -OCH3 is 1. The molecule has 1 aromatic heterocycles. The molecule has 3 aromatic rings. The zero-order chi connectivity index (χ0) is 21.7. The van der Waals surface area contributed by atoms with Gasteiger partial charge in [-0.05, 0) is 43.2 Å². The van der Waals surface area contributed by atoms with E-state index < -0.39 is 17.2 Å². The Bertz CT molecular complexity index is 1130. The van der Waals surface area contributed by atoms with Crippen molar-refractivity contribution in [2.24, 2.45) is 0 Å². The normalized spacial score (nSPS) is 11.7. The van der Waals surface area contributed by atoms with Crippen LogP contribution in [0.4, 0.5) is 0 Å². The number of carbonyl (C=O) groups is 1. The number of hydrogen-bond acceptors (Lipinski definition) is 5. The molecule has 1 N–H and O–H groups in total. The van der Waals surface area contributed by atoms with Gasteiger partial charge in [0.25, 0.3) is 11.5 Å².